The SMILES string of the molecule is CN[C@H]1CCN(C2=CNNC(NCC(C)C)=C2)C1. The standard InChI is InChI=1S/C13H25N5/c1-10(2)7-15-13-6-12(8-16-17-13)18-5-4-11(9-18)14-3/h6,8,10-11,14-17H,4-5,7,9H2,1-3H3/t11-/m0/s1. The summed E-state index contributed by atoms with van der Waals surface area (Å²) < 4.78 is 0. The van der Waals surface area contributed by atoms with E-state index in [1.54, 1.807) is 0 Å². The second-order valence-corrected chi connectivity index (χ2v) is 5.39. The van der Waals surface area contributed by atoms with E-state index < -0.39 is 0 Å². The van der Waals surface area contributed by atoms with E-state index in [9.17, 15) is 0 Å². The number of likely N-dealkylation sites (tertiary alicyclic amines) is 1. The van der Waals surface area contributed by atoms with Crippen LogP contribution in [0.5, 0.6) is 0 Å². The normalized spacial score (nSPS) is 23.3. The van der Waals surface area contributed by atoms with Gasteiger partial charge in [0.2, 0.25) is 0 Å². The van der Waals surface area contributed by atoms with E-state index >= 15 is 0 Å². The minimum Gasteiger partial charge on any atom is -0.370 e. The molecule has 2 rings (SSSR count). The summed E-state index contributed by atoms with van der Waals surface area (Å²) in [6, 6.07) is 0.612. The fourth-order valence-corrected chi connectivity index (χ4v) is 2.24. The average Bonchev–Trinajstić information content (AvgIpc) is 2.85. The molecule has 0 bridgehead atoms. The van der Waals surface area contributed by atoms with Crippen molar-refractivity contribution in [2.75, 3.05) is 26.7 Å². The molecule has 1 atom stereocenters. The lowest BCUT2D eigenvalue weighted by Gasteiger charge is -2.26. The Balaban J connectivity index is 1.91. The largest absolute Gasteiger partial charge is 0.370 e. The third kappa shape index (κ3) is 3.32. The van der Waals surface area contributed by atoms with Crippen LogP contribution >= 0.6 is 0 Å². The van der Waals surface area contributed by atoms with Gasteiger partial charge in [-0.2, -0.15) is 0 Å². The molecule has 2 heterocycles. The van der Waals surface area contributed by atoms with E-state index in [4.69, 9.17) is 0 Å². The maximum atomic E-state index is 3.40. The first-order chi connectivity index (χ1) is 8.69. The molecule has 0 aliphatic carbocycles. The molecule has 0 aromatic rings. The van der Waals surface area contributed by atoms with Gasteiger partial charge in [0.05, 0.1) is 5.70 Å². The third-order valence-corrected chi connectivity index (χ3v) is 3.38. The highest BCUT2D eigenvalue weighted by Gasteiger charge is 2.22. The Bertz CT molecular complexity index is 334. The van der Waals surface area contributed by atoms with Crippen LogP contribution in [-0.2, 0) is 0 Å². The van der Waals surface area contributed by atoms with Crippen LogP contribution in [0.2, 0.25) is 0 Å². The van der Waals surface area contributed by atoms with Crippen LogP contribution in [0.1, 0.15) is 20.3 Å². The smallest absolute Gasteiger partial charge is 0.120 e. The van der Waals surface area contributed by atoms with Crippen LogP contribution in [-0.4, -0.2) is 37.6 Å². The average molecular weight is 251 g/mol. The lowest BCUT2D eigenvalue weighted by atomic mass is 10.2. The molecule has 0 radical (unpaired) electrons. The molecule has 4 N–H and O–H groups in total. The first-order valence-electron chi connectivity index (χ1n) is 6.78. The number of hydrazine groups is 1. The van der Waals surface area contributed by atoms with E-state index in [0.717, 1.165) is 25.5 Å². The predicted octanol–water partition coefficient (Wildman–Crippen LogP) is 0.316. The number of nitrogens with one attached hydrogen (secondary N) is 4. The summed E-state index contributed by atoms with van der Waals surface area (Å²) in [5, 5.41) is 6.75. The molecule has 2 aliphatic rings. The molecule has 5 nitrogen and oxygen atoms in total. The fourth-order valence-electron chi connectivity index (χ4n) is 2.24. The molecule has 0 aromatic carbocycles. The highest BCUT2D eigenvalue weighted by molar-refractivity contribution is 5.24. The zero-order chi connectivity index (χ0) is 13.0. The van der Waals surface area contributed by atoms with E-state index in [1.165, 1.54) is 12.1 Å². The summed E-state index contributed by atoms with van der Waals surface area (Å²) in [7, 11) is 2.04. The van der Waals surface area contributed by atoms with Gasteiger partial charge in [-0.15, -0.1) is 0 Å². The lowest BCUT2D eigenvalue weighted by molar-refractivity contribution is 0.411. The highest BCUT2D eigenvalue weighted by Crippen LogP contribution is 2.17. The Morgan fingerprint density at radius 2 is 2.33 bits per heavy atom. The molecule has 1 saturated heterocycles. The van der Waals surface area contributed by atoms with Gasteiger partial charge in [-0.25, -0.2) is 0 Å². The van der Waals surface area contributed by atoms with E-state index in [1.807, 2.05) is 13.2 Å². The predicted molar refractivity (Wildman–Crippen MR) is 74.3 cm³/mol. The van der Waals surface area contributed by atoms with Gasteiger partial charge in [-0.1, -0.05) is 13.8 Å². The fraction of sp³-hybridized carbons (Fsp3) is 0.692. The molecule has 0 unspecified atom stereocenters. The first-order valence-corrected chi connectivity index (χ1v) is 6.78. The van der Waals surface area contributed by atoms with E-state index in [-0.39, 0.29) is 0 Å². The molecular weight excluding hydrogens is 226 g/mol. The molecule has 1 fully saturated rings. The second kappa shape index (κ2) is 6.00. The van der Waals surface area contributed by atoms with Crippen molar-refractivity contribution in [1.29, 1.82) is 0 Å². The number of allylic oxidation sites excluding steroid dienone is 1. The molecule has 2 aliphatic heterocycles. The van der Waals surface area contributed by atoms with Gasteiger partial charge in [-0.05, 0) is 19.4 Å². The molecule has 0 aromatic heterocycles. The van der Waals surface area contributed by atoms with Gasteiger partial charge in [0.1, 0.15) is 5.82 Å². The maximum Gasteiger partial charge on any atom is 0.120 e. The second-order valence-electron chi connectivity index (χ2n) is 5.39. The zero-order valence-electron chi connectivity index (χ0n) is 11.6. The Kier molecular flexibility index (Phi) is 4.36. The summed E-state index contributed by atoms with van der Waals surface area (Å²) in [6.07, 6.45) is 5.42. The molecule has 102 valence electrons. The maximum absolute atomic E-state index is 3.40. The van der Waals surface area contributed by atoms with E-state index in [0.29, 0.717) is 12.0 Å². The van der Waals surface area contributed by atoms with Gasteiger partial charge in [-0.3, -0.25) is 5.43 Å². The van der Waals surface area contributed by atoms with Crippen LogP contribution in [0.25, 0.3) is 0 Å². The topological polar surface area (TPSA) is 51.4 Å². The molecule has 0 saturated carbocycles. The van der Waals surface area contributed by atoms with Crippen LogP contribution in [0.4, 0.5) is 0 Å². The van der Waals surface area contributed by atoms with Crippen LogP contribution in [0, 0.1) is 5.92 Å². The minimum absolute atomic E-state index is 0.612. The monoisotopic (exact) mass is 251 g/mol. The number of rotatable bonds is 5. The molecule has 18 heavy (non-hydrogen) atoms. The quantitative estimate of drug-likeness (QED) is 0.567. The summed E-state index contributed by atoms with van der Waals surface area (Å²) >= 11 is 0. The number of likely N-dealkylation sites (N-methyl/N-ethyl adjacent to an activating group) is 1. The van der Waals surface area contributed by atoms with Crippen molar-refractivity contribution in [3.63, 3.8) is 0 Å². The van der Waals surface area contributed by atoms with E-state index in [2.05, 4.69) is 46.3 Å². The van der Waals surface area contributed by atoms with Crippen molar-refractivity contribution in [3.05, 3.63) is 23.8 Å². The Labute approximate surface area is 110 Å². The van der Waals surface area contributed by atoms with Crippen molar-refractivity contribution >= 4 is 0 Å². The summed E-state index contributed by atoms with van der Waals surface area (Å²) in [4.78, 5) is 2.41. The van der Waals surface area contributed by atoms with Gasteiger partial charge >= 0.3 is 0 Å². The summed E-state index contributed by atoms with van der Waals surface area (Å²) in [5.74, 6) is 1.69. The minimum atomic E-state index is 0.612. The van der Waals surface area contributed by atoms with Gasteiger partial charge in [0.15, 0.2) is 0 Å². The zero-order valence-corrected chi connectivity index (χ0v) is 11.6. The number of nitrogens with zero attached hydrogens (tertiary/aromatic N) is 1. The van der Waals surface area contributed by atoms with Crippen molar-refractivity contribution in [1.82, 2.24) is 26.4 Å². The highest BCUT2D eigenvalue weighted by atomic mass is 15.4. The van der Waals surface area contributed by atoms with Crippen LogP contribution in [0.15, 0.2) is 23.8 Å². The van der Waals surface area contributed by atoms with Gasteiger partial charge in [0.25, 0.3) is 0 Å². The van der Waals surface area contributed by atoms with Gasteiger partial charge < -0.3 is 21.0 Å². The van der Waals surface area contributed by atoms with Crippen LogP contribution in [0.3, 0.4) is 0 Å². The summed E-state index contributed by atoms with van der Waals surface area (Å²) in [6.45, 7) is 7.59. The van der Waals surface area contributed by atoms with Gasteiger partial charge in [0, 0.05) is 38.0 Å². The number of hydrogen-bond donors (Lipinski definition) is 4. The van der Waals surface area contributed by atoms with Crippen LogP contribution < -0.4 is 21.5 Å². The Hall–Kier alpha value is -1.36. The molecule has 5 heteroatoms. The van der Waals surface area contributed by atoms with Crippen molar-refractivity contribution in [2.45, 2.75) is 26.3 Å². The molecule has 0 spiro atoms. The lowest BCUT2D eigenvalue weighted by Crippen LogP contribution is -2.40. The first kappa shape index (κ1) is 13.1. The summed E-state index contributed by atoms with van der Waals surface area (Å²) in [5.41, 5.74) is 7.50. The number of hydrogen-bond acceptors (Lipinski definition) is 5. The van der Waals surface area contributed by atoms with Crippen molar-refractivity contribution < 1.29 is 0 Å². The Morgan fingerprint density at radius 3 is 3.00 bits per heavy atom. The van der Waals surface area contributed by atoms with Crippen molar-refractivity contribution in [3.8, 4) is 0 Å². The van der Waals surface area contributed by atoms with Crippen molar-refractivity contribution in [2.24, 2.45) is 5.92 Å². The molecule has 0 amide bonds. The molecular formula is C13H25N5. The Morgan fingerprint density at radius 1 is 1.50 bits per heavy atom. The third-order valence-electron chi connectivity index (χ3n) is 3.38.